The van der Waals surface area contributed by atoms with Crippen LogP contribution in [0.25, 0.3) is 0 Å². The first-order valence-electron chi connectivity index (χ1n) is 4.54. The van der Waals surface area contributed by atoms with Crippen LogP contribution in [0.4, 0.5) is 0 Å². The second-order valence-corrected chi connectivity index (χ2v) is 3.67. The van der Waals surface area contributed by atoms with Crippen LogP contribution in [0.2, 0.25) is 0 Å². The van der Waals surface area contributed by atoms with Gasteiger partial charge in [0.05, 0.1) is 20.1 Å². The quantitative estimate of drug-likeness (QED) is 0.673. The summed E-state index contributed by atoms with van der Waals surface area (Å²) < 4.78 is 0. The Morgan fingerprint density at radius 3 is 2.25 bits per heavy atom. The molecule has 12 heavy (non-hydrogen) atoms. The minimum Gasteiger partial charge on any atom is -0.337 e. The predicted molar refractivity (Wildman–Crippen MR) is 52.4 cm³/mol. The van der Waals surface area contributed by atoms with E-state index in [1.807, 2.05) is 0 Å². The van der Waals surface area contributed by atoms with Crippen molar-refractivity contribution in [2.24, 2.45) is 0 Å². The van der Waals surface area contributed by atoms with Crippen molar-refractivity contribution in [2.45, 2.75) is 19.4 Å². The topological polar surface area (TPSA) is 4.44 Å². The predicted octanol–water partition coefficient (Wildman–Crippen LogP) is 0.762. The fourth-order valence-electron chi connectivity index (χ4n) is 1.17. The molecule has 0 radical (unpaired) electrons. The van der Waals surface area contributed by atoms with Crippen molar-refractivity contribution in [3.05, 3.63) is 35.9 Å². The zero-order valence-corrected chi connectivity index (χ0v) is 8.17. The summed E-state index contributed by atoms with van der Waals surface area (Å²) in [5, 5.41) is 0. The van der Waals surface area contributed by atoms with Gasteiger partial charge in [-0.25, -0.2) is 0 Å². The largest absolute Gasteiger partial charge is 0.337 e. The molecule has 1 aromatic rings. The van der Waals surface area contributed by atoms with Gasteiger partial charge in [-0.05, 0) is 12.5 Å². The van der Waals surface area contributed by atoms with E-state index in [0.29, 0.717) is 6.04 Å². The summed E-state index contributed by atoms with van der Waals surface area (Å²) in [6.07, 6.45) is 1.17. The Kier molecular flexibility index (Phi) is 3.30. The molecule has 1 nitrogen and oxygen atoms in total. The molecule has 0 spiro atoms. The molecular formula is C11H18N+. The highest BCUT2D eigenvalue weighted by molar-refractivity contribution is 5.15. The van der Waals surface area contributed by atoms with Gasteiger partial charge in [-0.2, -0.15) is 0 Å². The number of rotatable bonds is 3. The van der Waals surface area contributed by atoms with Crippen LogP contribution in [0.15, 0.2) is 30.3 Å². The summed E-state index contributed by atoms with van der Waals surface area (Å²) in [5.41, 5.74) is 1.44. The molecule has 0 amide bonds. The molecule has 1 unspecified atom stereocenters. The maximum absolute atomic E-state index is 2.28. The van der Waals surface area contributed by atoms with Crippen molar-refractivity contribution in [2.75, 3.05) is 14.1 Å². The van der Waals surface area contributed by atoms with Crippen LogP contribution >= 0.6 is 0 Å². The number of benzene rings is 1. The van der Waals surface area contributed by atoms with Crippen molar-refractivity contribution in [1.82, 2.24) is 0 Å². The van der Waals surface area contributed by atoms with E-state index in [1.54, 1.807) is 0 Å². The van der Waals surface area contributed by atoms with Gasteiger partial charge in [0.1, 0.15) is 0 Å². The van der Waals surface area contributed by atoms with E-state index in [9.17, 15) is 0 Å². The molecule has 0 heterocycles. The van der Waals surface area contributed by atoms with Crippen LogP contribution in [-0.4, -0.2) is 20.1 Å². The van der Waals surface area contributed by atoms with Crippen LogP contribution in [0.3, 0.4) is 0 Å². The van der Waals surface area contributed by atoms with Gasteiger partial charge in [0.15, 0.2) is 0 Å². The Labute approximate surface area is 75.0 Å². The third kappa shape index (κ3) is 2.67. The number of quaternary nitrogens is 1. The fraction of sp³-hybridized carbons (Fsp3) is 0.455. The molecule has 1 aromatic carbocycles. The van der Waals surface area contributed by atoms with Gasteiger partial charge in [0.25, 0.3) is 0 Å². The average Bonchev–Trinajstić information content (AvgIpc) is 2.06. The summed E-state index contributed by atoms with van der Waals surface area (Å²) in [5.74, 6) is 0. The van der Waals surface area contributed by atoms with Gasteiger partial charge in [-0.15, -0.1) is 0 Å². The van der Waals surface area contributed by atoms with Crippen LogP contribution in [0, 0.1) is 0 Å². The summed E-state index contributed by atoms with van der Waals surface area (Å²) in [6.45, 7) is 2.28. The van der Waals surface area contributed by atoms with Crippen molar-refractivity contribution >= 4 is 0 Å². The fourth-order valence-corrected chi connectivity index (χ4v) is 1.17. The van der Waals surface area contributed by atoms with Crippen LogP contribution < -0.4 is 4.90 Å². The lowest BCUT2D eigenvalue weighted by atomic mass is 10.1. The Morgan fingerprint density at radius 1 is 1.17 bits per heavy atom. The Hall–Kier alpha value is -0.820. The first-order chi connectivity index (χ1) is 5.70. The zero-order chi connectivity index (χ0) is 8.97. The lowest BCUT2D eigenvalue weighted by Crippen LogP contribution is -3.09. The van der Waals surface area contributed by atoms with Crippen LogP contribution in [0.5, 0.6) is 0 Å². The maximum Gasteiger partial charge on any atom is 0.0882 e. The number of nitrogens with one attached hydrogen (secondary N) is 1. The molecule has 0 bridgehead atoms. The van der Waals surface area contributed by atoms with E-state index in [-0.39, 0.29) is 0 Å². The summed E-state index contributed by atoms with van der Waals surface area (Å²) in [7, 11) is 4.40. The second kappa shape index (κ2) is 4.27. The standard InChI is InChI=1S/C11H17N/c1-10(12(2)3)9-11-7-5-4-6-8-11/h4-8,10H,9H2,1-3H3/p+1. The molecule has 0 aliphatic rings. The Bertz CT molecular complexity index is 216. The number of hydrogen-bond acceptors (Lipinski definition) is 0. The minimum atomic E-state index is 0.701. The SMILES string of the molecule is CC(Cc1ccccc1)[NH+](C)C. The number of hydrogen-bond donors (Lipinski definition) is 1. The van der Waals surface area contributed by atoms with E-state index >= 15 is 0 Å². The molecule has 1 N–H and O–H groups in total. The summed E-state index contributed by atoms with van der Waals surface area (Å²) >= 11 is 0. The van der Waals surface area contributed by atoms with Gasteiger partial charge in [-0.1, -0.05) is 30.3 Å². The first-order valence-corrected chi connectivity index (χ1v) is 4.54. The maximum atomic E-state index is 2.28. The second-order valence-electron chi connectivity index (χ2n) is 3.67. The molecule has 0 fully saturated rings. The minimum absolute atomic E-state index is 0.701. The molecule has 0 saturated heterocycles. The molecular weight excluding hydrogens is 146 g/mol. The molecule has 1 atom stereocenters. The highest BCUT2D eigenvalue weighted by atomic mass is 15.1. The van der Waals surface area contributed by atoms with E-state index in [0.717, 1.165) is 0 Å². The lowest BCUT2D eigenvalue weighted by molar-refractivity contribution is -0.883. The van der Waals surface area contributed by atoms with Crippen molar-refractivity contribution in [3.8, 4) is 0 Å². The normalized spacial score (nSPS) is 13.3. The third-order valence-electron chi connectivity index (χ3n) is 2.37. The highest BCUT2D eigenvalue weighted by Gasteiger charge is 2.07. The molecule has 0 aliphatic carbocycles. The Morgan fingerprint density at radius 2 is 1.75 bits per heavy atom. The van der Waals surface area contributed by atoms with Gasteiger partial charge in [0.2, 0.25) is 0 Å². The van der Waals surface area contributed by atoms with Crippen molar-refractivity contribution in [3.63, 3.8) is 0 Å². The summed E-state index contributed by atoms with van der Waals surface area (Å²) in [4.78, 5) is 1.51. The highest BCUT2D eigenvalue weighted by Crippen LogP contribution is 2.00. The van der Waals surface area contributed by atoms with Crippen molar-refractivity contribution < 1.29 is 4.90 Å². The third-order valence-corrected chi connectivity index (χ3v) is 2.37. The van der Waals surface area contributed by atoms with Crippen LogP contribution in [0.1, 0.15) is 12.5 Å². The van der Waals surface area contributed by atoms with Gasteiger partial charge >= 0.3 is 0 Å². The Balaban J connectivity index is 2.53. The van der Waals surface area contributed by atoms with Gasteiger partial charge in [-0.3, -0.25) is 0 Å². The van der Waals surface area contributed by atoms with E-state index in [4.69, 9.17) is 0 Å². The lowest BCUT2D eigenvalue weighted by Gasteiger charge is -2.16. The molecule has 66 valence electrons. The van der Waals surface area contributed by atoms with E-state index < -0.39 is 0 Å². The molecule has 1 heteroatoms. The molecule has 0 aliphatic heterocycles. The van der Waals surface area contributed by atoms with Gasteiger partial charge < -0.3 is 4.90 Å². The monoisotopic (exact) mass is 164 g/mol. The molecule has 1 rings (SSSR count). The summed E-state index contributed by atoms with van der Waals surface area (Å²) in [6, 6.07) is 11.4. The smallest absolute Gasteiger partial charge is 0.0882 e. The molecule has 0 aromatic heterocycles. The zero-order valence-electron chi connectivity index (χ0n) is 8.17. The average molecular weight is 164 g/mol. The van der Waals surface area contributed by atoms with E-state index in [1.165, 1.54) is 16.9 Å². The molecule has 0 saturated carbocycles. The number of likely N-dealkylation sites (N-methyl/N-ethyl adjacent to an activating group) is 1. The van der Waals surface area contributed by atoms with Crippen LogP contribution in [-0.2, 0) is 6.42 Å². The van der Waals surface area contributed by atoms with Gasteiger partial charge in [0, 0.05) is 6.42 Å². The van der Waals surface area contributed by atoms with Crippen molar-refractivity contribution in [1.29, 1.82) is 0 Å². The van der Waals surface area contributed by atoms with E-state index in [2.05, 4.69) is 51.4 Å². The first kappa shape index (κ1) is 9.27.